The lowest BCUT2D eigenvalue weighted by atomic mass is 10.3. The van der Waals surface area contributed by atoms with Gasteiger partial charge in [0.1, 0.15) is 0 Å². The van der Waals surface area contributed by atoms with Crippen LogP contribution >= 0.6 is 0 Å². The maximum atomic E-state index is 12.3. The smallest absolute Gasteiger partial charge is 0.269 e. The van der Waals surface area contributed by atoms with Crippen LogP contribution in [-0.2, 0) is 10.0 Å². The number of sulfonamides is 1. The highest BCUT2D eigenvalue weighted by Crippen LogP contribution is 2.18. The summed E-state index contributed by atoms with van der Waals surface area (Å²) >= 11 is 0. The predicted octanol–water partition coefficient (Wildman–Crippen LogP) is 1.56. The normalized spacial score (nSPS) is 12.0. The number of hydrogen-bond donors (Lipinski definition) is 0. The molecule has 0 fully saturated rings. The SMILES string of the molecule is CCN(CC)CCN(C)S(=O)(=O)c1ccc([N+](=O)[O-])cc1. The van der Waals surface area contributed by atoms with Crippen LogP contribution in [0.25, 0.3) is 0 Å². The van der Waals surface area contributed by atoms with Crippen molar-refractivity contribution in [2.75, 3.05) is 33.2 Å². The molecule has 118 valence electrons. The zero-order valence-corrected chi connectivity index (χ0v) is 13.3. The van der Waals surface area contributed by atoms with E-state index < -0.39 is 14.9 Å². The Kier molecular flexibility index (Phi) is 6.25. The molecule has 0 unspecified atom stereocenters. The molecular weight excluding hydrogens is 294 g/mol. The zero-order valence-electron chi connectivity index (χ0n) is 12.5. The standard InChI is InChI=1S/C13H21N3O4S/c1-4-15(5-2)11-10-14(3)21(19,20)13-8-6-12(7-9-13)16(17)18/h6-9H,4-5,10-11H2,1-3H3. The number of hydrogen-bond acceptors (Lipinski definition) is 5. The first kappa shape index (κ1) is 17.5. The average Bonchev–Trinajstić information content (AvgIpc) is 2.48. The Bertz CT molecular complexity index is 568. The third kappa shape index (κ3) is 4.48. The van der Waals surface area contributed by atoms with Crippen LogP contribution in [0.2, 0.25) is 0 Å². The van der Waals surface area contributed by atoms with Crippen molar-refractivity contribution in [1.29, 1.82) is 0 Å². The number of non-ortho nitro benzene ring substituents is 1. The van der Waals surface area contributed by atoms with E-state index in [1.807, 2.05) is 13.8 Å². The number of nitro groups is 1. The average molecular weight is 315 g/mol. The second-order valence-electron chi connectivity index (χ2n) is 4.60. The Balaban J connectivity index is 2.82. The fraction of sp³-hybridized carbons (Fsp3) is 0.538. The van der Waals surface area contributed by atoms with Crippen LogP contribution < -0.4 is 0 Å². The van der Waals surface area contributed by atoms with Crippen molar-refractivity contribution >= 4 is 15.7 Å². The van der Waals surface area contributed by atoms with Gasteiger partial charge in [0, 0.05) is 32.3 Å². The quantitative estimate of drug-likeness (QED) is 0.537. The minimum Gasteiger partial charge on any atom is -0.303 e. The van der Waals surface area contributed by atoms with E-state index in [-0.39, 0.29) is 10.6 Å². The molecule has 21 heavy (non-hydrogen) atoms. The molecule has 0 aliphatic carbocycles. The first-order valence-electron chi connectivity index (χ1n) is 6.76. The van der Waals surface area contributed by atoms with Gasteiger partial charge in [-0.2, -0.15) is 4.31 Å². The summed E-state index contributed by atoms with van der Waals surface area (Å²) in [5, 5.41) is 10.6. The summed E-state index contributed by atoms with van der Waals surface area (Å²) in [5.74, 6) is 0. The van der Waals surface area contributed by atoms with E-state index in [1.54, 1.807) is 0 Å². The van der Waals surface area contributed by atoms with Gasteiger partial charge in [0.05, 0.1) is 9.82 Å². The molecule has 0 atom stereocenters. The summed E-state index contributed by atoms with van der Waals surface area (Å²) in [6.07, 6.45) is 0. The van der Waals surface area contributed by atoms with Gasteiger partial charge in [-0.1, -0.05) is 13.8 Å². The van der Waals surface area contributed by atoms with E-state index in [4.69, 9.17) is 0 Å². The van der Waals surface area contributed by atoms with Gasteiger partial charge >= 0.3 is 0 Å². The van der Waals surface area contributed by atoms with Crippen molar-refractivity contribution in [2.24, 2.45) is 0 Å². The summed E-state index contributed by atoms with van der Waals surface area (Å²) < 4.78 is 26.0. The van der Waals surface area contributed by atoms with Gasteiger partial charge in [0.2, 0.25) is 10.0 Å². The third-order valence-electron chi connectivity index (χ3n) is 3.38. The Morgan fingerprint density at radius 2 is 1.62 bits per heavy atom. The lowest BCUT2D eigenvalue weighted by molar-refractivity contribution is -0.384. The highest BCUT2D eigenvalue weighted by atomic mass is 32.2. The van der Waals surface area contributed by atoms with Crippen LogP contribution in [-0.4, -0.2) is 55.8 Å². The monoisotopic (exact) mass is 315 g/mol. The molecule has 1 aromatic rings. The number of benzene rings is 1. The number of rotatable bonds is 8. The van der Waals surface area contributed by atoms with E-state index in [9.17, 15) is 18.5 Å². The first-order chi connectivity index (χ1) is 9.82. The molecule has 0 amide bonds. The van der Waals surface area contributed by atoms with Gasteiger partial charge in [0.15, 0.2) is 0 Å². The number of nitrogens with zero attached hydrogens (tertiary/aromatic N) is 3. The summed E-state index contributed by atoms with van der Waals surface area (Å²) in [5.41, 5.74) is -0.125. The van der Waals surface area contributed by atoms with Crippen molar-refractivity contribution in [2.45, 2.75) is 18.7 Å². The summed E-state index contributed by atoms with van der Waals surface area (Å²) in [6, 6.07) is 4.93. The Hall–Kier alpha value is -1.51. The van der Waals surface area contributed by atoms with Crippen molar-refractivity contribution < 1.29 is 13.3 Å². The Morgan fingerprint density at radius 1 is 1.10 bits per heavy atom. The summed E-state index contributed by atoms with van der Waals surface area (Å²) in [4.78, 5) is 12.2. The van der Waals surface area contributed by atoms with Crippen LogP contribution in [0.3, 0.4) is 0 Å². The Morgan fingerprint density at radius 3 is 2.05 bits per heavy atom. The minimum atomic E-state index is -3.61. The highest BCUT2D eigenvalue weighted by molar-refractivity contribution is 7.89. The molecule has 0 N–H and O–H groups in total. The van der Waals surface area contributed by atoms with Gasteiger partial charge < -0.3 is 4.90 Å². The second-order valence-corrected chi connectivity index (χ2v) is 6.65. The molecule has 0 aromatic heterocycles. The van der Waals surface area contributed by atoms with Crippen LogP contribution in [0, 0.1) is 10.1 Å². The molecule has 8 heteroatoms. The molecule has 0 aliphatic rings. The van der Waals surface area contributed by atoms with Crippen LogP contribution in [0.1, 0.15) is 13.8 Å². The summed E-state index contributed by atoms with van der Waals surface area (Å²) in [7, 11) is -2.10. The Labute approximate surface area is 125 Å². The van der Waals surface area contributed by atoms with Gasteiger partial charge in [0.25, 0.3) is 5.69 Å². The lowest BCUT2D eigenvalue weighted by Crippen LogP contribution is -2.36. The van der Waals surface area contributed by atoms with Crippen LogP contribution in [0.4, 0.5) is 5.69 Å². The highest BCUT2D eigenvalue weighted by Gasteiger charge is 2.21. The molecule has 0 heterocycles. The van der Waals surface area contributed by atoms with Gasteiger partial charge in [-0.05, 0) is 25.2 Å². The van der Waals surface area contributed by atoms with E-state index in [0.29, 0.717) is 13.1 Å². The van der Waals surface area contributed by atoms with E-state index in [0.717, 1.165) is 13.1 Å². The third-order valence-corrected chi connectivity index (χ3v) is 5.25. The molecule has 0 saturated carbocycles. The number of likely N-dealkylation sites (N-methyl/N-ethyl adjacent to an activating group) is 2. The van der Waals surface area contributed by atoms with Gasteiger partial charge in [-0.15, -0.1) is 0 Å². The van der Waals surface area contributed by atoms with Gasteiger partial charge in [-0.25, -0.2) is 8.42 Å². The topological polar surface area (TPSA) is 83.8 Å². The predicted molar refractivity (Wildman–Crippen MR) is 80.7 cm³/mol. The lowest BCUT2D eigenvalue weighted by Gasteiger charge is -2.22. The zero-order chi connectivity index (χ0) is 16.0. The molecule has 1 rings (SSSR count). The fourth-order valence-corrected chi connectivity index (χ4v) is 3.02. The van der Waals surface area contributed by atoms with E-state index in [1.165, 1.54) is 35.6 Å². The fourth-order valence-electron chi connectivity index (χ4n) is 1.86. The maximum Gasteiger partial charge on any atom is 0.269 e. The molecule has 1 aromatic carbocycles. The largest absolute Gasteiger partial charge is 0.303 e. The second kappa shape index (κ2) is 7.48. The molecule has 7 nitrogen and oxygen atoms in total. The number of nitro benzene ring substituents is 1. The molecule has 0 radical (unpaired) electrons. The van der Waals surface area contributed by atoms with E-state index >= 15 is 0 Å². The molecule has 0 saturated heterocycles. The summed E-state index contributed by atoms with van der Waals surface area (Å²) in [6.45, 7) is 6.79. The van der Waals surface area contributed by atoms with Crippen molar-refractivity contribution in [1.82, 2.24) is 9.21 Å². The van der Waals surface area contributed by atoms with Crippen molar-refractivity contribution in [3.05, 3.63) is 34.4 Å². The van der Waals surface area contributed by atoms with Crippen molar-refractivity contribution in [3.63, 3.8) is 0 Å². The van der Waals surface area contributed by atoms with Crippen molar-refractivity contribution in [3.8, 4) is 0 Å². The minimum absolute atomic E-state index is 0.0650. The molecule has 0 aliphatic heterocycles. The van der Waals surface area contributed by atoms with Crippen LogP contribution in [0.15, 0.2) is 29.2 Å². The molecule has 0 spiro atoms. The van der Waals surface area contributed by atoms with Crippen LogP contribution in [0.5, 0.6) is 0 Å². The molecule has 0 bridgehead atoms. The van der Waals surface area contributed by atoms with E-state index in [2.05, 4.69) is 4.90 Å². The maximum absolute atomic E-state index is 12.3. The molecular formula is C13H21N3O4S. The first-order valence-corrected chi connectivity index (χ1v) is 8.20. The van der Waals surface area contributed by atoms with Gasteiger partial charge in [-0.3, -0.25) is 10.1 Å².